The van der Waals surface area contributed by atoms with Gasteiger partial charge >= 0.3 is 0 Å². The van der Waals surface area contributed by atoms with Gasteiger partial charge in [0, 0.05) is 24.7 Å². The number of aryl methyl sites for hydroxylation is 1. The molecule has 1 aromatic carbocycles. The predicted molar refractivity (Wildman–Crippen MR) is 138 cm³/mol. The molecule has 1 saturated heterocycles. The van der Waals surface area contributed by atoms with Crippen molar-refractivity contribution in [2.45, 2.75) is 37.8 Å². The van der Waals surface area contributed by atoms with Crippen LogP contribution in [0.3, 0.4) is 0 Å². The molecule has 3 aromatic heterocycles. The van der Waals surface area contributed by atoms with Crippen LogP contribution in [0.15, 0.2) is 58.8 Å². The quantitative estimate of drug-likeness (QED) is 0.322. The third-order valence-corrected chi connectivity index (χ3v) is 9.54. The summed E-state index contributed by atoms with van der Waals surface area (Å²) in [6, 6.07) is 6.03. The summed E-state index contributed by atoms with van der Waals surface area (Å²) in [5, 5.41) is 14.7. The zero-order chi connectivity index (χ0) is 26.5. The number of aromatic nitrogens is 6. The van der Waals surface area contributed by atoms with E-state index in [4.69, 9.17) is 0 Å². The molecule has 6 rings (SSSR count). The van der Waals surface area contributed by atoms with Crippen LogP contribution in [0.2, 0.25) is 0 Å². The Balaban J connectivity index is 1.41. The summed E-state index contributed by atoms with van der Waals surface area (Å²) in [5.41, 5.74) is 1.99. The fourth-order valence-corrected chi connectivity index (χ4v) is 7.23. The Kier molecular flexibility index (Phi) is 6.08. The number of nitrogens with zero attached hydrogens (tertiary/aromatic N) is 7. The van der Waals surface area contributed by atoms with E-state index in [1.54, 1.807) is 34.6 Å². The van der Waals surface area contributed by atoms with E-state index in [0.717, 1.165) is 23.3 Å². The van der Waals surface area contributed by atoms with E-state index in [0.29, 0.717) is 23.7 Å². The van der Waals surface area contributed by atoms with Gasteiger partial charge in [-0.2, -0.15) is 19.3 Å². The first-order valence-electron chi connectivity index (χ1n) is 12.2. The predicted octanol–water partition coefficient (Wildman–Crippen LogP) is 3.37. The van der Waals surface area contributed by atoms with Crippen molar-refractivity contribution in [3.05, 3.63) is 75.9 Å². The standard InChI is InChI=1S/C25H24FN7O3S2/c1-2-9-32-28-15-22(30-32)38(35,36)31-10-7-18-12-21-17(14-29-33(21)20-5-3-19(26)4-6-20)13-25(18,16-31)23(34)24-27-8-11-37-24/h3-6,8,11-12,14-15H,2,7,9-10,13,16H2,1H3/t25-/m0/s1. The lowest BCUT2D eigenvalue weighted by molar-refractivity contribution is 0.0775. The summed E-state index contributed by atoms with van der Waals surface area (Å²) >= 11 is 1.24. The number of Topliss-reactive ketones (excluding diaryl/α,β-unsaturated/α-hetero) is 1. The summed E-state index contributed by atoms with van der Waals surface area (Å²) in [6.07, 6.45) is 7.84. The smallest absolute Gasteiger partial charge is 0.264 e. The van der Waals surface area contributed by atoms with Gasteiger partial charge in [0.15, 0.2) is 5.01 Å². The van der Waals surface area contributed by atoms with Crippen molar-refractivity contribution in [3.63, 3.8) is 0 Å². The minimum Gasteiger partial charge on any atom is -0.290 e. The number of carbonyl (C=O) groups excluding carboxylic acids is 1. The number of thiazole rings is 1. The molecule has 1 fully saturated rings. The number of hydrogen-bond donors (Lipinski definition) is 0. The van der Waals surface area contributed by atoms with Gasteiger partial charge in [-0.3, -0.25) is 4.79 Å². The van der Waals surface area contributed by atoms with E-state index in [2.05, 4.69) is 20.3 Å². The summed E-state index contributed by atoms with van der Waals surface area (Å²) in [4.78, 5) is 19.6. The average Bonchev–Trinajstić information content (AvgIpc) is 3.69. The minimum absolute atomic E-state index is 0.0403. The maximum atomic E-state index is 14.0. The van der Waals surface area contributed by atoms with Crippen LogP contribution >= 0.6 is 11.3 Å². The molecule has 1 aliphatic heterocycles. The summed E-state index contributed by atoms with van der Waals surface area (Å²) in [7, 11) is -3.98. The van der Waals surface area contributed by atoms with Gasteiger partial charge < -0.3 is 0 Å². The highest BCUT2D eigenvalue weighted by Crippen LogP contribution is 2.47. The fourth-order valence-electron chi connectivity index (χ4n) is 5.19. The highest BCUT2D eigenvalue weighted by Gasteiger charge is 2.52. The molecule has 2 aliphatic rings. The highest BCUT2D eigenvalue weighted by atomic mass is 32.2. The fraction of sp³-hybridized carbons (Fsp3) is 0.320. The SMILES string of the molecule is CCCn1ncc(S(=O)(=O)N2CCC3=Cc4c(cnn4-c4ccc(F)cc4)C[C@]3(C(=O)c3nccs3)C2)n1. The number of sulfonamides is 1. The van der Waals surface area contributed by atoms with Gasteiger partial charge in [-0.15, -0.1) is 16.4 Å². The Morgan fingerprint density at radius 1 is 1.18 bits per heavy atom. The molecule has 0 spiro atoms. The van der Waals surface area contributed by atoms with Crippen LogP contribution in [-0.4, -0.2) is 61.4 Å². The molecule has 196 valence electrons. The van der Waals surface area contributed by atoms with Crippen LogP contribution < -0.4 is 0 Å². The first kappa shape index (κ1) is 24.8. The molecule has 4 aromatic rings. The molecular weight excluding hydrogens is 529 g/mol. The van der Waals surface area contributed by atoms with Crippen molar-refractivity contribution in [1.29, 1.82) is 0 Å². The molecule has 0 unspecified atom stereocenters. The number of halogens is 1. The number of ketones is 1. The van der Waals surface area contributed by atoms with Crippen LogP contribution in [0.5, 0.6) is 0 Å². The topological polar surface area (TPSA) is 116 Å². The molecule has 0 amide bonds. The second-order valence-electron chi connectivity index (χ2n) is 9.41. The molecule has 0 radical (unpaired) electrons. The molecule has 0 bridgehead atoms. The minimum atomic E-state index is -3.98. The zero-order valence-electron chi connectivity index (χ0n) is 20.5. The van der Waals surface area contributed by atoms with Crippen molar-refractivity contribution in [2.24, 2.45) is 5.41 Å². The number of hydrogen-bond acceptors (Lipinski definition) is 8. The lowest BCUT2D eigenvalue weighted by atomic mass is 9.66. The number of fused-ring (bicyclic) bond motifs is 2. The van der Waals surface area contributed by atoms with Crippen molar-refractivity contribution in [3.8, 4) is 5.69 Å². The van der Waals surface area contributed by atoms with Crippen LogP contribution in [0.4, 0.5) is 4.39 Å². The first-order chi connectivity index (χ1) is 18.3. The van der Waals surface area contributed by atoms with Crippen LogP contribution in [0.25, 0.3) is 11.8 Å². The zero-order valence-corrected chi connectivity index (χ0v) is 22.1. The van der Waals surface area contributed by atoms with Gasteiger partial charge in [0.25, 0.3) is 10.0 Å². The number of piperidine rings is 1. The average molecular weight is 554 g/mol. The summed E-state index contributed by atoms with van der Waals surface area (Å²) < 4.78 is 43.8. The van der Waals surface area contributed by atoms with Gasteiger partial charge in [0.05, 0.1) is 35.7 Å². The lowest BCUT2D eigenvalue weighted by Crippen LogP contribution is -2.53. The van der Waals surface area contributed by atoms with E-state index in [1.807, 2.05) is 13.0 Å². The maximum absolute atomic E-state index is 14.0. The van der Waals surface area contributed by atoms with Crippen LogP contribution in [-0.2, 0) is 23.0 Å². The Hall–Kier alpha value is -3.55. The molecule has 0 saturated carbocycles. The lowest BCUT2D eigenvalue weighted by Gasteiger charge is -2.44. The molecule has 4 heterocycles. The van der Waals surface area contributed by atoms with Crippen molar-refractivity contribution in [2.75, 3.05) is 13.1 Å². The summed E-state index contributed by atoms with van der Waals surface area (Å²) in [5.74, 6) is -0.557. The van der Waals surface area contributed by atoms with Crippen LogP contribution in [0.1, 0.15) is 40.8 Å². The largest absolute Gasteiger partial charge is 0.290 e. The Morgan fingerprint density at radius 3 is 2.74 bits per heavy atom. The molecular formula is C25H24FN7O3S2. The second-order valence-corrected chi connectivity index (χ2v) is 12.2. The van der Waals surface area contributed by atoms with Gasteiger partial charge in [-0.1, -0.05) is 12.5 Å². The number of rotatable bonds is 7. The molecule has 0 N–H and O–H groups in total. The van der Waals surface area contributed by atoms with Gasteiger partial charge in [0.1, 0.15) is 5.82 Å². The molecule has 10 nitrogen and oxygen atoms in total. The van der Waals surface area contributed by atoms with Gasteiger partial charge in [-0.25, -0.2) is 22.5 Å². The number of benzene rings is 1. The molecule has 1 aliphatic carbocycles. The maximum Gasteiger partial charge on any atom is 0.264 e. The first-order valence-corrected chi connectivity index (χ1v) is 14.5. The third-order valence-electron chi connectivity index (χ3n) is 7.06. The van der Waals surface area contributed by atoms with Gasteiger partial charge in [0.2, 0.25) is 10.8 Å². The second kappa shape index (κ2) is 9.33. The molecule has 1 atom stereocenters. The third kappa shape index (κ3) is 4.01. The van der Waals surface area contributed by atoms with Crippen LogP contribution in [0, 0.1) is 11.2 Å². The van der Waals surface area contributed by atoms with Crippen molar-refractivity contribution >= 4 is 33.2 Å². The monoisotopic (exact) mass is 553 g/mol. The van der Waals surface area contributed by atoms with E-state index in [-0.39, 0.29) is 36.1 Å². The van der Waals surface area contributed by atoms with E-state index in [9.17, 15) is 17.6 Å². The number of carbonyl (C=O) groups is 1. The van der Waals surface area contributed by atoms with E-state index >= 15 is 0 Å². The molecule has 38 heavy (non-hydrogen) atoms. The Labute approximate surface area is 222 Å². The van der Waals surface area contributed by atoms with Crippen molar-refractivity contribution in [1.82, 2.24) is 34.1 Å². The van der Waals surface area contributed by atoms with E-state index < -0.39 is 15.4 Å². The van der Waals surface area contributed by atoms with E-state index in [1.165, 1.54) is 38.8 Å². The van der Waals surface area contributed by atoms with Crippen molar-refractivity contribution < 1.29 is 17.6 Å². The summed E-state index contributed by atoms with van der Waals surface area (Å²) in [6.45, 7) is 2.62. The molecule has 13 heteroatoms. The van der Waals surface area contributed by atoms with Gasteiger partial charge in [-0.05, 0) is 55.2 Å². The Morgan fingerprint density at radius 2 is 2.00 bits per heavy atom. The normalized spacial score (nSPS) is 19.6. The Bertz CT molecular complexity index is 1640. The highest BCUT2D eigenvalue weighted by molar-refractivity contribution is 7.89.